The van der Waals surface area contributed by atoms with Gasteiger partial charge >= 0.3 is 0 Å². The van der Waals surface area contributed by atoms with Crippen LogP contribution in [0.15, 0.2) is 6.07 Å². The Balaban J connectivity index is 1.60. The van der Waals surface area contributed by atoms with Crippen LogP contribution in [0.3, 0.4) is 0 Å². The number of thiophene rings is 1. The Bertz CT molecular complexity index is 611. The number of amides is 1. The van der Waals surface area contributed by atoms with Gasteiger partial charge in [0.25, 0.3) is 5.91 Å². The Morgan fingerprint density at radius 1 is 1.26 bits per heavy atom. The number of fused-ring (bicyclic) bond motifs is 2. The van der Waals surface area contributed by atoms with E-state index in [4.69, 9.17) is 14.2 Å². The predicted molar refractivity (Wildman–Crippen MR) is 107 cm³/mol. The number of carbonyl (C=O) groups excluding carboxylic acids is 1. The van der Waals surface area contributed by atoms with Crippen LogP contribution in [0.4, 0.5) is 0 Å². The highest BCUT2D eigenvalue weighted by Gasteiger charge is 2.42. The number of nitrogens with zero attached hydrogens (tertiary/aromatic N) is 1. The highest BCUT2D eigenvalue weighted by atomic mass is 32.1. The zero-order valence-electron chi connectivity index (χ0n) is 16.6. The van der Waals surface area contributed by atoms with E-state index in [0.29, 0.717) is 13.2 Å². The molecule has 1 N–H and O–H groups in total. The Morgan fingerprint density at radius 2 is 2.04 bits per heavy atom. The lowest BCUT2D eigenvalue weighted by Gasteiger charge is -2.43. The summed E-state index contributed by atoms with van der Waals surface area (Å²) < 4.78 is 16.5. The van der Waals surface area contributed by atoms with Gasteiger partial charge in [-0.05, 0) is 50.3 Å². The van der Waals surface area contributed by atoms with E-state index < -0.39 is 0 Å². The topological polar surface area (TPSA) is 60.0 Å². The summed E-state index contributed by atoms with van der Waals surface area (Å²) in [5.41, 5.74) is 1.11. The number of likely N-dealkylation sites (tertiary alicyclic amines) is 1. The van der Waals surface area contributed by atoms with Crippen LogP contribution >= 0.6 is 11.3 Å². The van der Waals surface area contributed by atoms with Gasteiger partial charge in [0.15, 0.2) is 0 Å². The molecule has 1 saturated heterocycles. The standard InChI is InChI=1S/C20H32N2O4S/c1-24-12-4-3-9-22-10-6-20(7-11-22)18-16(5-13-26-20)15-17(27-18)19(23)21-8-14-25-2/h15H,3-14H2,1-2H3,(H,21,23). The third kappa shape index (κ3) is 5.09. The van der Waals surface area contributed by atoms with E-state index in [1.54, 1.807) is 25.6 Å². The largest absolute Gasteiger partial charge is 0.385 e. The number of unbranched alkanes of at least 4 members (excludes halogenated alkanes) is 1. The van der Waals surface area contributed by atoms with Gasteiger partial charge in [-0.15, -0.1) is 11.3 Å². The fourth-order valence-corrected chi connectivity index (χ4v) is 5.31. The summed E-state index contributed by atoms with van der Waals surface area (Å²) in [5, 5.41) is 2.93. The van der Waals surface area contributed by atoms with E-state index in [9.17, 15) is 4.79 Å². The molecule has 7 heteroatoms. The molecule has 0 bridgehead atoms. The van der Waals surface area contributed by atoms with Crippen LogP contribution < -0.4 is 5.32 Å². The zero-order chi connectivity index (χ0) is 19.1. The van der Waals surface area contributed by atoms with Crippen molar-refractivity contribution in [1.29, 1.82) is 0 Å². The van der Waals surface area contributed by atoms with E-state index in [1.165, 1.54) is 16.9 Å². The molecule has 0 atom stereocenters. The quantitative estimate of drug-likeness (QED) is 0.650. The van der Waals surface area contributed by atoms with Gasteiger partial charge < -0.3 is 24.4 Å². The number of rotatable bonds is 9. The molecule has 3 heterocycles. The lowest BCUT2D eigenvalue weighted by Crippen LogP contribution is -2.46. The van der Waals surface area contributed by atoms with Gasteiger partial charge in [-0.2, -0.15) is 0 Å². The van der Waals surface area contributed by atoms with E-state index in [0.717, 1.165) is 63.4 Å². The second-order valence-corrected chi connectivity index (χ2v) is 8.40. The first-order chi connectivity index (χ1) is 13.2. The van der Waals surface area contributed by atoms with Crippen molar-refractivity contribution in [2.45, 2.75) is 37.7 Å². The van der Waals surface area contributed by atoms with Crippen molar-refractivity contribution in [1.82, 2.24) is 10.2 Å². The lowest BCUT2D eigenvalue weighted by molar-refractivity contribution is -0.0951. The van der Waals surface area contributed by atoms with Crippen molar-refractivity contribution < 1.29 is 19.0 Å². The molecule has 0 aliphatic carbocycles. The van der Waals surface area contributed by atoms with Gasteiger partial charge in [-0.25, -0.2) is 0 Å². The summed E-state index contributed by atoms with van der Waals surface area (Å²) in [6, 6.07) is 2.07. The van der Waals surface area contributed by atoms with Crippen molar-refractivity contribution >= 4 is 17.2 Å². The minimum Gasteiger partial charge on any atom is -0.385 e. The minimum atomic E-state index is -0.188. The molecule has 2 aliphatic rings. The monoisotopic (exact) mass is 396 g/mol. The molecule has 1 amide bonds. The maximum absolute atomic E-state index is 12.4. The first kappa shape index (κ1) is 20.7. The van der Waals surface area contributed by atoms with Crippen LogP contribution in [0.25, 0.3) is 0 Å². The van der Waals surface area contributed by atoms with E-state index in [2.05, 4.69) is 16.3 Å². The number of carbonyl (C=O) groups is 1. The van der Waals surface area contributed by atoms with E-state index in [-0.39, 0.29) is 11.5 Å². The molecule has 0 radical (unpaired) electrons. The molecular formula is C20H32N2O4S. The number of methoxy groups -OCH3 is 2. The molecule has 27 heavy (non-hydrogen) atoms. The molecule has 1 aromatic heterocycles. The number of hydrogen-bond acceptors (Lipinski definition) is 6. The average Bonchev–Trinajstić information content (AvgIpc) is 3.13. The minimum absolute atomic E-state index is 0.00261. The van der Waals surface area contributed by atoms with Gasteiger partial charge in [0, 0.05) is 45.3 Å². The fourth-order valence-electron chi connectivity index (χ4n) is 3.98. The fraction of sp³-hybridized carbons (Fsp3) is 0.750. The van der Waals surface area contributed by atoms with Crippen LogP contribution in [0.2, 0.25) is 0 Å². The van der Waals surface area contributed by atoms with E-state index in [1.807, 2.05) is 0 Å². The summed E-state index contributed by atoms with van der Waals surface area (Å²) in [7, 11) is 3.40. The molecule has 0 unspecified atom stereocenters. The Morgan fingerprint density at radius 3 is 2.78 bits per heavy atom. The molecule has 1 aromatic rings. The number of hydrogen-bond donors (Lipinski definition) is 1. The Hall–Kier alpha value is -0.990. The molecular weight excluding hydrogens is 364 g/mol. The first-order valence-electron chi connectivity index (χ1n) is 9.94. The van der Waals surface area contributed by atoms with Crippen molar-refractivity contribution in [2.75, 3.05) is 60.2 Å². The average molecular weight is 397 g/mol. The summed E-state index contributed by atoms with van der Waals surface area (Å²) in [5.74, 6) is -0.00261. The third-order valence-electron chi connectivity index (χ3n) is 5.52. The maximum Gasteiger partial charge on any atom is 0.261 e. The maximum atomic E-state index is 12.4. The van der Waals surface area contributed by atoms with Crippen LogP contribution in [0.5, 0.6) is 0 Å². The lowest BCUT2D eigenvalue weighted by atomic mass is 9.85. The zero-order valence-corrected chi connectivity index (χ0v) is 17.4. The van der Waals surface area contributed by atoms with Crippen molar-refractivity contribution in [3.05, 3.63) is 21.4 Å². The van der Waals surface area contributed by atoms with Crippen molar-refractivity contribution in [3.8, 4) is 0 Å². The van der Waals surface area contributed by atoms with Gasteiger partial charge in [-0.1, -0.05) is 0 Å². The summed E-state index contributed by atoms with van der Waals surface area (Å²) >= 11 is 1.62. The highest BCUT2D eigenvalue weighted by molar-refractivity contribution is 7.14. The van der Waals surface area contributed by atoms with Gasteiger partial charge in [0.2, 0.25) is 0 Å². The normalized spacial score (nSPS) is 19.2. The van der Waals surface area contributed by atoms with Gasteiger partial charge in [0.05, 0.1) is 18.1 Å². The first-order valence-corrected chi connectivity index (χ1v) is 10.8. The van der Waals surface area contributed by atoms with Crippen molar-refractivity contribution in [3.63, 3.8) is 0 Å². The van der Waals surface area contributed by atoms with Crippen LogP contribution in [-0.4, -0.2) is 71.0 Å². The van der Waals surface area contributed by atoms with Gasteiger partial charge in [0.1, 0.15) is 5.60 Å². The highest BCUT2D eigenvalue weighted by Crippen LogP contribution is 2.45. The Kier molecular flexibility index (Phi) is 7.66. The molecule has 3 rings (SSSR count). The molecule has 1 fully saturated rings. The van der Waals surface area contributed by atoms with Crippen LogP contribution in [-0.2, 0) is 26.2 Å². The van der Waals surface area contributed by atoms with E-state index >= 15 is 0 Å². The smallest absolute Gasteiger partial charge is 0.261 e. The second-order valence-electron chi connectivity index (χ2n) is 7.35. The molecule has 6 nitrogen and oxygen atoms in total. The van der Waals surface area contributed by atoms with Crippen LogP contribution in [0, 0.1) is 0 Å². The molecule has 1 spiro atoms. The second kappa shape index (κ2) is 9.98. The molecule has 152 valence electrons. The van der Waals surface area contributed by atoms with Crippen molar-refractivity contribution in [2.24, 2.45) is 0 Å². The summed E-state index contributed by atoms with van der Waals surface area (Å²) in [6.45, 7) is 5.90. The number of piperidine rings is 1. The Labute approximate surface area is 166 Å². The third-order valence-corrected chi connectivity index (χ3v) is 6.89. The number of ether oxygens (including phenoxy) is 3. The van der Waals surface area contributed by atoms with Gasteiger partial charge in [-0.3, -0.25) is 4.79 Å². The molecule has 0 saturated carbocycles. The molecule has 2 aliphatic heterocycles. The summed E-state index contributed by atoms with van der Waals surface area (Å²) in [4.78, 5) is 17.0. The predicted octanol–water partition coefficient (Wildman–Crippen LogP) is 2.41. The summed E-state index contributed by atoms with van der Waals surface area (Å²) in [6.07, 6.45) is 5.22. The number of nitrogens with one attached hydrogen (secondary N) is 1. The SMILES string of the molecule is COCCCCN1CCC2(CC1)OCCc1cc(C(=O)NCCOC)sc12. The van der Waals surface area contributed by atoms with Crippen LogP contribution in [0.1, 0.15) is 45.8 Å². The molecule has 0 aromatic carbocycles.